The molecule has 0 amide bonds. The lowest BCUT2D eigenvalue weighted by Crippen LogP contribution is -1.85. The maximum Gasteiger partial charge on any atom is 0.176 e. The van der Waals surface area contributed by atoms with Gasteiger partial charge in [0.2, 0.25) is 0 Å². The van der Waals surface area contributed by atoms with Gasteiger partial charge in [0, 0.05) is 0 Å². The first-order valence-corrected chi connectivity index (χ1v) is 0.601. The molecule has 32 valence electrons. The first-order valence-electron chi connectivity index (χ1n) is 0.601. The fraction of sp³-hybridized carbons (Fsp3) is 0. The van der Waals surface area contributed by atoms with Gasteiger partial charge in [-0.1, -0.05) is 0 Å². The molecule has 0 fully saturated rings. The Morgan fingerprint density at radius 3 is 2.00 bits per heavy atom. The van der Waals surface area contributed by atoms with Gasteiger partial charge < -0.3 is 0 Å². The Kier molecular flexibility index (Phi) is 16.6. The van der Waals surface area contributed by atoms with Crippen molar-refractivity contribution >= 4 is 12.4 Å². The minimum Gasteiger partial charge on any atom is -0.266 e. The standard InChI is InChI=1S/ClH.H2N2O2/c;1-4-2-3/h1H;1H2. The molecule has 0 atom stereocenters. The van der Waals surface area contributed by atoms with Crippen LogP contribution in [0.25, 0.3) is 0 Å². The van der Waals surface area contributed by atoms with Gasteiger partial charge in [0.15, 0.2) is 5.34 Å². The molecule has 4 nitrogen and oxygen atoms in total. The number of nitrogens with two attached hydrogens (primary N) is 1. The summed E-state index contributed by atoms with van der Waals surface area (Å²) in [7, 11) is 0. The van der Waals surface area contributed by atoms with Crippen molar-refractivity contribution in [2.24, 2.45) is 11.2 Å². The van der Waals surface area contributed by atoms with Crippen LogP contribution in [0.1, 0.15) is 0 Å². The Morgan fingerprint density at radius 1 is 1.80 bits per heavy atom. The van der Waals surface area contributed by atoms with Gasteiger partial charge in [-0.05, 0) is 0 Å². The third kappa shape index (κ3) is 23.5. The van der Waals surface area contributed by atoms with Gasteiger partial charge in [0.25, 0.3) is 0 Å². The number of hydrogen-bond donors (Lipinski definition) is 1. The summed E-state index contributed by atoms with van der Waals surface area (Å²) in [5, 5.41) is 1.76. The normalized spacial score (nSPS) is 4.20. The highest BCUT2D eigenvalue weighted by molar-refractivity contribution is 5.85. The monoisotopic (exact) mass is 98.0 g/mol. The van der Waals surface area contributed by atoms with Gasteiger partial charge in [0.1, 0.15) is 0 Å². The van der Waals surface area contributed by atoms with Crippen LogP contribution in [-0.2, 0) is 4.94 Å². The van der Waals surface area contributed by atoms with Crippen LogP contribution in [0.5, 0.6) is 0 Å². The molecule has 0 aromatic carbocycles. The number of nitrogens with zero attached hydrogens (tertiary/aromatic N) is 1. The second-order valence-electron chi connectivity index (χ2n) is 0.180. The molecule has 5 heteroatoms. The molecule has 0 unspecified atom stereocenters. The predicted molar refractivity (Wildman–Crippen MR) is 18.3 cm³/mol. The average molecular weight is 98.5 g/mol. The van der Waals surface area contributed by atoms with Crippen LogP contribution in [0.4, 0.5) is 0 Å². The van der Waals surface area contributed by atoms with E-state index in [0.29, 0.717) is 0 Å². The van der Waals surface area contributed by atoms with E-state index in [9.17, 15) is 0 Å². The van der Waals surface area contributed by atoms with Gasteiger partial charge in [0.05, 0.1) is 0 Å². The lowest BCUT2D eigenvalue weighted by atomic mass is 13.2. The Bertz CT molecular complexity index is 21.6. The van der Waals surface area contributed by atoms with Gasteiger partial charge in [-0.2, -0.15) is 0 Å². The van der Waals surface area contributed by atoms with Crippen molar-refractivity contribution in [1.82, 2.24) is 0 Å². The highest BCUT2D eigenvalue weighted by Crippen LogP contribution is 1.44. The van der Waals surface area contributed by atoms with E-state index in [1.54, 1.807) is 5.34 Å². The SMILES string of the molecule is Cl.NON=O. The van der Waals surface area contributed by atoms with Gasteiger partial charge in [-0.25, -0.2) is 0 Å². The zero-order valence-corrected chi connectivity index (χ0v) is 3.07. The van der Waals surface area contributed by atoms with E-state index in [1.165, 1.54) is 0 Å². The van der Waals surface area contributed by atoms with E-state index >= 15 is 0 Å². The summed E-state index contributed by atoms with van der Waals surface area (Å²) in [5.41, 5.74) is 0. The second kappa shape index (κ2) is 9.41. The van der Waals surface area contributed by atoms with Crippen molar-refractivity contribution in [1.29, 1.82) is 0 Å². The van der Waals surface area contributed by atoms with E-state index in [4.69, 9.17) is 4.91 Å². The van der Waals surface area contributed by atoms with E-state index in [1.807, 2.05) is 0 Å². The largest absolute Gasteiger partial charge is 0.266 e. The molecule has 0 aliphatic heterocycles. The molecule has 0 aliphatic carbocycles. The minimum atomic E-state index is 0. The van der Waals surface area contributed by atoms with Crippen LogP contribution in [0, 0.1) is 4.91 Å². The fourth-order valence-electron chi connectivity index (χ4n) is 0. The van der Waals surface area contributed by atoms with E-state index in [0.717, 1.165) is 0 Å². The quantitative estimate of drug-likeness (QED) is 0.370. The summed E-state index contributed by atoms with van der Waals surface area (Å²) >= 11 is 0. The smallest absolute Gasteiger partial charge is 0.176 e. The molecule has 0 aliphatic rings. The van der Waals surface area contributed by atoms with Gasteiger partial charge >= 0.3 is 0 Å². The topological polar surface area (TPSA) is 64.7 Å². The minimum absolute atomic E-state index is 0. The van der Waals surface area contributed by atoms with E-state index in [2.05, 4.69) is 10.8 Å². The molecule has 0 saturated heterocycles. The van der Waals surface area contributed by atoms with Crippen LogP contribution in [0.15, 0.2) is 5.34 Å². The van der Waals surface area contributed by atoms with E-state index in [-0.39, 0.29) is 12.4 Å². The first-order chi connectivity index (χ1) is 1.91. The predicted octanol–water partition coefficient (Wildman–Crippen LogP) is -0.0201. The Balaban J connectivity index is 0. The van der Waals surface area contributed by atoms with Crippen molar-refractivity contribution < 1.29 is 4.94 Å². The molecule has 0 aromatic heterocycles. The fourth-order valence-corrected chi connectivity index (χ4v) is 0. The van der Waals surface area contributed by atoms with E-state index < -0.39 is 0 Å². The maximum absolute atomic E-state index is 8.58. The molecular weight excluding hydrogens is 95.5 g/mol. The van der Waals surface area contributed by atoms with Crippen LogP contribution >= 0.6 is 12.4 Å². The molecule has 0 aromatic rings. The Labute approximate surface area is 34.6 Å². The Hall–Kier alpha value is -0.350. The zero-order chi connectivity index (χ0) is 3.41. The summed E-state index contributed by atoms with van der Waals surface area (Å²) in [6.07, 6.45) is 0. The molecule has 0 heterocycles. The lowest BCUT2D eigenvalue weighted by Gasteiger charge is -1.62. The van der Waals surface area contributed by atoms with Gasteiger partial charge in [-0.3, -0.25) is 4.94 Å². The van der Waals surface area contributed by atoms with Crippen molar-refractivity contribution in [2.45, 2.75) is 0 Å². The van der Waals surface area contributed by atoms with Gasteiger partial charge in [-0.15, -0.1) is 23.2 Å². The van der Waals surface area contributed by atoms with Crippen molar-refractivity contribution in [3.63, 3.8) is 0 Å². The third-order valence-corrected chi connectivity index (χ3v) is 0.0430. The summed E-state index contributed by atoms with van der Waals surface area (Å²) in [4.78, 5) is 11.7. The highest BCUT2D eigenvalue weighted by atomic mass is 35.5. The molecular formula is H3ClN2O2. The summed E-state index contributed by atoms with van der Waals surface area (Å²) in [5.74, 6) is 4.05. The summed E-state index contributed by atoms with van der Waals surface area (Å²) < 4.78 is 0. The molecule has 0 bridgehead atoms. The summed E-state index contributed by atoms with van der Waals surface area (Å²) in [6.45, 7) is 0. The average Bonchev–Trinajstić information content (AvgIpc) is 1.37. The maximum atomic E-state index is 8.58. The van der Waals surface area contributed by atoms with Crippen LogP contribution < -0.4 is 5.90 Å². The van der Waals surface area contributed by atoms with Crippen molar-refractivity contribution in [3.8, 4) is 0 Å². The van der Waals surface area contributed by atoms with Crippen LogP contribution in [-0.4, -0.2) is 0 Å². The third-order valence-electron chi connectivity index (χ3n) is 0.0430. The molecule has 0 rings (SSSR count). The number of halogens is 1. The molecule has 0 radical (unpaired) electrons. The number of hydrogen-bond acceptors (Lipinski definition) is 4. The molecule has 0 saturated carbocycles. The van der Waals surface area contributed by atoms with Crippen molar-refractivity contribution in [2.75, 3.05) is 0 Å². The highest BCUT2D eigenvalue weighted by Gasteiger charge is 1.44. The lowest BCUT2D eigenvalue weighted by molar-refractivity contribution is 0.144. The molecule has 5 heavy (non-hydrogen) atoms. The first kappa shape index (κ1) is 8.82. The van der Waals surface area contributed by atoms with Crippen LogP contribution in [0.2, 0.25) is 0 Å². The van der Waals surface area contributed by atoms with Crippen molar-refractivity contribution in [3.05, 3.63) is 4.91 Å². The number of rotatable bonds is 1. The molecule has 0 spiro atoms. The molecule has 2 N–H and O–H groups in total. The summed E-state index contributed by atoms with van der Waals surface area (Å²) in [6, 6.07) is 0. The van der Waals surface area contributed by atoms with Crippen LogP contribution in [0.3, 0.4) is 0 Å². The second-order valence-corrected chi connectivity index (χ2v) is 0.180. The Morgan fingerprint density at radius 2 is 2.00 bits per heavy atom. The zero-order valence-electron chi connectivity index (χ0n) is 2.25.